The van der Waals surface area contributed by atoms with Gasteiger partial charge >= 0.3 is 0 Å². The van der Waals surface area contributed by atoms with Gasteiger partial charge in [0.05, 0.1) is 0 Å². The van der Waals surface area contributed by atoms with Gasteiger partial charge in [-0.25, -0.2) is 0 Å². The van der Waals surface area contributed by atoms with Crippen molar-refractivity contribution in [1.29, 1.82) is 0 Å². The molecule has 0 aromatic carbocycles. The SMILES string of the molecule is CC(C)N1CCC2(CC2)C1.CC(C)N1CCCCC1=O. The zero-order valence-corrected chi connectivity index (χ0v) is 13.8. The van der Waals surface area contributed by atoms with Crippen LogP contribution in [0, 0.1) is 5.41 Å². The molecular formula is C17H32N2O. The van der Waals surface area contributed by atoms with E-state index >= 15 is 0 Å². The topological polar surface area (TPSA) is 23.6 Å². The van der Waals surface area contributed by atoms with E-state index in [0.29, 0.717) is 11.9 Å². The number of hydrogen-bond acceptors (Lipinski definition) is 2. The third kappa shape index (κ3) is 3.97. The van der Waals surface area contributed by atoms with Gasteiger partial charge in [0.2, 0.25) is 5.91 Å². The summed E-state index contributed by atoms with van der Waals surface area (Å²) >= 11 is 0. The Balaban J connectivity index is 0.000000147. The molecule has 0 radical (unpaired) electrons. The van der Waals surface area contributed by atoms with Gasteiger partial charge in [0.15, 0.2) is 0 Å². The van der Waals surface area contributed by atoms with Crippen molar-refractivity contribution in [2.75, 3.05) is 19.6 Å². The minimum absolute atomic E-state index is 0.334. The lowest BCUT2D eigenvalue weighted by molar-refractivity contribution is -0.135. The molecule has 1 spiro atoms. The number of carbonyl (C=O) groups is 1. The zero-order valence-electron chi connectivity index (χ0n) is 13.8. The third-order valence-corrected chi connectivity index (χ3v) is 5.14. The van der Waals surface area contributed by atoms with Crippen molar-refractivity contribution in [3.05, 3.63) is 0 Å². The average molecular weight is 280 g/mol. The summed E-state index contributed by atoms with van der Waals surface area (Å²) < 4.78 is 0. The zero-order chi connectivity index (χ0) is 14.8. The number of nitrogens with zero attached hydrogens (tertiary/aromatic N) is 2. The first-order valence-corrected chi connectivity index (χ1v) is 8.47. The van der Waals surface area contributed by atoms with Crippen LogP contribution in [0.2, 0.25) is 0 Å². The average Bonchev–Trinajstić information content (AvgIpc) is 2.99. The summed E-state index contributed by atoms with van der Waals surface area (Å²) in [5.41, 5.74) is 0.824. The maximum atomic E-state index is 11.2. The Bertz CT molecular complexity index is 334. The lowest BCUT2D eigenvalue weighted by Gasteiger charge is -2.30. The summed E-state index contributed by atoms with van der Waals surface area (Å²) in [4.78, 5) is 15.7. The van der Waals surface area contributed by atoms with E-state index < -0.39 is 0 Å². The number of amides is 1. The number of rotatable bonds is 2. The maximum Gasteiger partial charge on any atom is 0.222 e. The molecule has 0 atom stereocenters. The number of piperidine rings is 1. The van der Waals surface area contributed by atoms with E-state index in [1.807, 2.05) is 4.90 Å². The summed E-state index contributed by atoms with van der Waals surface area (Å²) in [7, 11) is 0. The molecule has 1 aliphatic carbocycles. The molecule has 20 heavy (non-hydrogen) atoms. The normalized spacial score (nSPS) is 25.3. The Morgan fingerprint density at radius 3 is 2.00 bits per heavy atom. The van der Waals surface area contributed by atoms with Crippen LogP contribution in [-0.2, 0) is 4.79 Å². The Hall–Kier alpha value is -0.570. The molecule has 3 nitrogen and oxygen atoms in total. The summed E-state index contributed by atoms with van der Waals surface area (Å²) in [6, 6.07) is 1.17. The predicted molar refractivity (Wildman–Crippen MR) is 83.7 cm³/mol. The van der Waals surface area contributed by atoms with Gasteiger partial charge in [-0.05, 0) is 71.8 Å². The lowest BCUT2D eigenvalue weighted by Crippen LogP contribution is -2.40. The van der Waals surface area contributed by atoms with E-state index in [1.54, 1.807) is 0 Å². The Morgan fingerprint density at radius 2 is 1.65 bits per heavy atom. The highest BCUT2D eigenvalue weighted by atomic mass is 16.2. The standard InChI is InChI=1S/C9H17N.C8H15NO/c1-8(2)10-6-5-9(7-10)3-4-9;1-7(2)9-6-4-3-5-8(9)10/h8H,3-7H2,1-2H3;7H,3-6H2,1-2H3. The Labute approximate surface area is 124 Å². The fourth-order valence-corrected chi connectivity index (χ4v) is 3.37. The largest absolute Gasteiger partial charge is 0.340 e. The van der Waals surface area contributed by atoms with Gasteiger partial charge in [0.25, 0.3) is 0 Å². The molecule has 0 unspecified atom stereocenters. The summed E-state index contributed by atoms with van der Waals surface area (Å²) in [6.07, 6.45) is 7.53. The number of hydrogen-bond donors (Lipinski definition) is 0. The van der Waals surface area contributed by atoms with Crippen molar-refractivity contribution in [3.63, 3.8) is 0 Å². The quantitative estimate of drug-likeness (QED) is 0.775. The fourth-order valence-electron chi connectivity index (χ4n) is 3.37. The molecule has 116 valence electrons. The fraction of sp³-hybridized carbons (Fsp3) is 0.941. The minimum Gasteiger partial charge on any atom is -0.340 e. The van der Waals surface area contributed by atoms with E-state index in [9.17, 15) is 4.79 Å². The summed E-state index contributed by atoms with van der Waals surface area (Å²) in [5, 5.41) is 0. The van der Waals surface area contributed by atoms with Crippen LogP contribution in [0.25, 0.3) is 0 Å². The molecule has 3 rings (SSSR count). The monoisotopic (exact) mass is 280 g/mol. The van der Waals surface area contributed by atoms with Gasteiger partial charge in [-0.3, -0.25) is 4.79 Å². The highest BCUT2D eigenvalue weighted by Gasteiger charge is 2.47. The molecule has 0 aromatic rings. The van der Waals surface area contributed by atoms with Crippen molar-refractivity contribution in [2.45, 2.75) is 78.3 Å². The molecule has 0 aromatic heterocycles. The predicted octanol–water partition coefficient (Wildman–Crippen LogP) is 3.29. The van der Waals surface area contributed by atoms with Gasteiger partial charge in [-0.15, -0.1) is 0 Å². The lowest BCUT2D eigenvalue weighted by atomic mass is 10.1. The number of carbonyl (C=O) groups excluding carboxylic acids is 1. The van der Waals surface area contributed by atoms with Crippen LogP contribution in [0.3, 0.4) is 0 Å². The molecule has 1 amide bonds. The van der Waals surface area contributed by atoms with E-state index in [2.05, 4.69) is 32.6 Å². The number of likely N-dealkylation sites (tertiary alicyclic amines) is 2. The van der Waals surface area contributed by atoms with Gasteiger partial charge < -0.3 is 9.80 Å². The van der Waals surface area contributed by atoms with E-state index in [-0.39, 0.29) is 0 Å². The van der Waals surface area contributed by atoms with E-state index in [4.69, 9.17) is 0 Å². The molecule has 0 N–H and O–H groups in total. The third-order valence-electron chi connectivity index (χ3n) is 5.14. The van der Waals surface area contributed by atoms with Gasteiger partial charge in [0, 0.05) is 31.6 Å². The van der Waals surface area contributed by atoms with Crippen molar-refractivity contribution < 1.29 is 4.79 Å². The van der Waals surface area contributed by atoms with Crippen LogP contribution in [0.4, 0.5) is 0 Å². The second kappa shape index (κ2) is 6.46. The van der Waals surface area contributed by atoms with Crippen molar-refractivity contribution in [2.24, 2.45) is 5.41 Å². The van der Waals surface area contributed by atoms with Gasteiger partial charge in [-0.2, -0.15) is 0 Å². The van der Waals surface area contributed by atoms with Crippen molar-refractivity contribution >= 4 is 5.91 Å². The van der Waals surface area contributed by atoms with Crippen LogP contribution in [0.5, 0.6) is 0 Å². The first-order chi connectivity index (χ1) is 9.43. The Morgan fingerprint density at radius 1 is 0.950 bits per heavy atom. The molecule has 2 heterocycles. The second-order valence-corrected chi connectivity index (χ2v) is 7.45. The molecular weight excluding hydrogens is 248 g/mol. The van der Waals surface area contributed by atoms with Crippen LogP contribution in [0.15, 0.2) is 0 Å². The first-order valence-electron chi connectivity index (χ1n) is 8.47. The minimum atomic E-state index is 0.334. The first kappa shape index (κ1) is 15.8. The van der Waals surface area contributed by atoms with Gasteiger partial charge in [-0.1, -0.05) is 0 Å². The van der Waals surface area contributed by atoms with Crippen LogP contribution >= 0.6 is 0 Å². The molecule has 2 saturated heterocycles. The van der Waals surface area contributed by atoms with Gasteiger partial charge in [0.1, 0.15) is 0 Å². The van der Waals surface area contributed by atoms with Crippen LogP contribution in [-0.4, -0.2) is 47.4 Å². The summed E-state index contributed by atoms with van der Waals surface area (Å²) in [5.74, 6) is 0.334. The molecule has 3 heteroatoms. The highest BCUT2D eigenvalue weighted by molar-refractivity contribution is 5.77. The van der Waals surface area contributed by atoms with Crippen molar-refractivity contribution in [1.82, 2.24) is 9.80 Å². The molecule has 1 saturated carbocycles. The highest BCUT2D eigenvalue weighted by Crippen LogP contribution is 2.52. The van der Waals surface area contributed by atoms with Crippen LogP contribution < -0.4 is 0 Å². The molecule has 2 aliphatic heterocycles. The summed E-state index contributed by atoms with van der Waals surface area (Å²) in [6.45, 7) is 12.5. The molecule has 0 bridgehead atoms. The smallest absolute Gasteiger partial charge is 0.222 e. The van der Waals surface area contributed by atoms with Crippen molar-refractivity contribution in [3.8, 4) is 0 Å². The Kier molecular flexibility index (Phi) is 5.11. The molecule has 3 fully saturated rings. The van der Waals surface area contributed by atoms with E-state index in [1.165, 1.54) is 38.8 Å². The maximum absolute atomic E-state index is 11.2. The molecule has 3 aliphatic rings. The van der Waals surface area contributed by atoms with Crippen LogP contribution in [0.1, 0.15) is 66.2 Å². The second-order valence-electron chi connectivity index (χ2n) is 7.45. The van der Waals surface area contributed by atoms with E-state index in [0.717, 1.165) is 30.8 Å².